The van der Waals surface area contributed by atoms with E-state index in [1.807, 2.05) is 13.0 Å². The molecule has 8 heteroatoms. The fraction of sp³-hybridized carbons (Fsp3) is 0.455. The number of aryl methyl sites for hydroxylation is 1. The Kier molecular flexibility index (Phi) is 7.95. The number of methoxy groups -OCH3 is 1. The van der Waals surface area contributed by atoms with Gasteiger partial charge >= 0.3 is 29.6 Å². The van der Waals surface area contributed by atoms with E-state index in [4.69, 9.17) is 4.74 Å². The molecule has 1 aromatic carbocycles. The first-order valence-corrected chi connectivity index (χ1v) is 6.89. The van der Waals surface area contributed by atoms with Crippen molar-refractivity contribution in [2.45, 2.75) is 13.0 Å². The molecule has 6 nitrogen and oxygen atoms in total. The van der Waals surface area contributed by atoms with E-state index >= 15 is 0 Å². The Morgan fingerprint density at radius 2 is 2.11 bits per heavy atom. The zero-order valence-electron chi connectivity index (χ0n) is 11.2. The molecule has 0 heterocycles. The van der Waals surface area contributed by atoms with Crippen molar-refractivity contribution < 1.29 is 52.4 Å². The summed E-state index contributed by atoms with van der Waals surface area (Å²) in [6.45, 7) is 1.85. The minimum Gasteiger partial charge on any atom is -0.748 e. The van der Waals surface area contributed by atoms with Crippen LogP contribution in [0.3, 0.4) is 0 Å². The molecular weight excluding hydrogens is 281 g/mol. The van der Waals surface area contributed by atoms with Gasteiger partial charge in [-0.05, 0) is 24.6 Å². The van der Waals surface area contributed by atoms with Crippen LogP contribution in [0.15, 0.2) is 18.2 Å². The Balaban J connectivity index is 0.00000324. The van der Waals surface area contributed by atoms with Gasteiger partial charge in [-0.2, -0.15) is 0 Å². The number of aliphatic hydroxyl groups is 1. The zero-order valence-corrected chi connectivity index (χ0v) is 14.0. The summed E-state index contributed by atoms with van der Waals surface area (Å²) >= 11 is 0. The number of nitrogens with one attached hydrogen (secondary N) is 1. The van der Waals surface area contributed by atoms with Gasteiger partial charge in [-0.25, -0.2) is 8.42 Å². The number of hydrogen-bond donors (Lipinski definition) is 2. The fourth-order valence-corrected chi connectivity index (χ4v) is 2.07. The normalized spacial score (nSPS) is 12.4. The topological polar surface area (TPSA) is 98.7 Å². The van der Waals surface area contributed by atoms with Crippen LogP contribution in [-0.4, -0.2) is 43.6 Å². The summed E-state index contributed by atoms with van der Waals surface area (Å²) in [4.78, 5) is 0. The smallest absolute Gasteiger partial charge is 0.748 e. The van der Waals surface area contributed by atoms with Gasteiger partial charge in [0.15, 0.2) is 0 Å². The maximum atomic E-state index is 10.5. The minimum atomic E-state index is -4.42. The van der Waals surface area contributed by atoms with Crippen molar-refractivity contribution in [2.24, 2.45) is 0 Å². The van der Waals surface area contributed by atoms with Crippen molar-refractivity contribution in [3.63, 3.8) is 0 Å². The third-order valence-corrected chi connectivity index (χ3v) is 3.07. The second-order valence-corrected chi connectivity index (χ2v) is 5.41. The summed E-state index contributed by atoms with van der Waals surface area (Å²) in [7, 11) is -2.91. The molecule has 0 radical (unpaired) electrons. The van der Waals surface area contributed by atoms with Crippen LogP contribution >= 0.6 is 0 Å². The van der Waals surface area contributed by atoms with Gasteiger partial charge in [-0.3, -0.25) is 0 Å². The molecule has 0 amide bonds. The third kappa shape index (κ3) is 7.14. The van der Waals surface area contributed by atoms with E-state index in [9.17, 15) is 18.1 Å². The molecule has 0 saturated carbocycles. The van der Waals surface area contributed by atoms with Gasteiger partial charge in [0.1, 0.15) is 5.75 Å². The Morgan fingerprint density at radius 1 is 1.47 bits per heavy atom. The van der Waals surface area contributed by atoms with Crippen LogP contribution in [0.1, 0.15) is 5.56 Å². The molecule has 0 bridgehead atoms. The molecule has 0 saturated heterocycles. The van der Waals surface area contributed by atoms with E-state index in [-0.39, 0.29) is 36.1 Å². The molecule has 0 spiro atoms. The van der Waals surface area contributed by atoms with Gasteiger partial charge in [-0.1, -0.05) is 6.07 Å². The Morgan fingerprint density at radius 3 is 2.63 bits per heavy atom. The van der Waals surface area contributed by atoms with Crippen LogP contribution < -0.4 is 39.6 Å². The van der Waals surface area contributed by atoms with Gasteiger partial charge in [0.2, 0.25) is 0 Å². The number of benzene rings is 1. The molecule has 0 aromatic heterocycles. The summed E-state index contributed by atoms with van der Waals surface area (Å²) in [6, 6.07) is 5.42. The molecule has 2 N–H and O–H groups in total. The summed E-state index contributed by atoms with van der Waals surface area (Å²) in [5.41, 5.74) is 1.63. The van der Waals surface area contributed by atoms with E-state index < -0.39 is 22.0 Å². The standard InChI is InChI=1S/C11H17NO5S.Na/c1-8-3-4-11(17-2)10(5-8)12-6-9(13)7-18(14,15)16;/h3-5,9,12-13H,6-7H2,1-2H3,(H,14,15,16);/q;+1/p-1. The summed E-state index contributed by atoms with van der Waals surface area (Å²) in [6.07, 6.45) is -1.25. The SMILES string of the molecule is COc1ccc(C)cc1NCC(O)CS(=O)(=O)[O-].[Na+]. The molecule has 1 unspecified atom stereocenters. The first-order valence-electron chi connectivity index (χ1n) is 5.32. The van der Waals surface area contributed by atoms with E-state index in [0.29, 0.717) is 11.4 Å². The predicted molar refractivity (Wildman–Crippen MR) is 66.8 cm³/mol. The van der Waals surface area contributed by atoms with Crippen LogP contribution in [0.25, 0.3) is 0 Å². The van der Waals surface area contributed by atoms with Crippen LogP contribution in [0.2, 0.25) is 0 Å². The van der Waals surface area contributed by atoms with Crippen molar-refractivity contribution in [2.75, 3.05) is 24.7 Å². The summed E-state index contributed by atoms with van der Waals surface area (Å²) < 4.78 is 36.5. The number of hydrogen-bond acceptors (Lipinski definition) is 6. The van der Waals surface area contributed by atoms with Gasteiger partial charge in [0.05, 0.1) is 34.8 Å². The van der Waals surface area contributed by atoms with E-state index in [1.165, 1.54) is 7.11 Å². The monoisotopic (exact) mass is 297 g/mol. The van der Waals surface area contributed by atoms with Gasteiger partial charge in [-0.15, -0.1) is 0 Å². The second-order valence-electron chi connectivity index (χ2n) is 3.96. The number of aliphatic hydroxyl groups excluding tert-OH is 1. The predicted octanol–water partition coefficient (Wildman–Crippen LogP) is -2.67. The van der Waals surface area contributed by atoms with Crippen LogP contribution in [0.5, 0.6) is 5.75 Å². The van der Waals surface area contributed by atoms with Crippen LogP contribution in [0.4, 0.5) is 5.69 Å². The molecule has 1 rings (SSSR count). The van der Waals surface area contributed by atoms with Crippen LogP contribution in [0, 0.1) is 6.92 Å². The quantitative estimate of drug-likeness (QED) is 0.439. The van der Waals surface area contributed by atoms with Crippen molar-refractivity contribution in [3.05, 3.63) is 23.8 Å². The van der Waals surface area contributed by atoms with Gasteiger partial charge < -0.3 is 19.7 Å². The average molecular weight is 297 g/mol. The number of anilines is 1. The molecule has 1 atom stereocenters. The van der Waals surface area contributed by atoms with Crippen LogP contribution in [-0.2, 0) is 10.1 Å². The Bertz CT molecular complexity index is 506. The van der Waals surface area contributed by atoms with Crippen molar-refractivity contribution >= 4 is 15.8 Å². The first-order chi connectivity index (χ1) is 8.31. The molecule has 0 aliphatic carbocycles. The summed E-state index contributed by atoms with van der Waals surface area (Å²) in [5, 5.41) is 12.2. The molecule has 0 fully saturated rings. The maximum Gasteiger partial charge on any atom is 1.00 e. The maximum absolute atomic E-state index is 10.5. The average Bonchev–Trinajstić information content (AvgIpc) is 2.24. The minimum absolute atomic E-state index is 0. The van der Waals surface area contributed by atoms with Gasteiger partial charge in [0, 0.05) is 6.54 Å². The number of ether oxygens (including phenoxy) is 1. The Labute approximate surface area is 135 Å². The zero-order chi connectivity index (χ0) is 13.8. The largest absolute Gasteiger partial charge is 1.00 e. The molecular formula is C11H16NNaO5S. The van der Waals surface area contributed by atoms with E-state index in [0.717, 1.165) is 5.56 Å². The molecule has 0 aliphatic heterocycles. The third-order valence-electron chi connectivity index (χ3n) is 2.28. The summed E-state index contributed by atoms with van der Waals surface area (Å²) in [5.74, 6) is -0.230. The van der Waals surface area contributed by atoms with Crippen molar-refractivity contribution in [1.29, 1.82) is 0 Å². The van der Waals surface area contributed by atoms with E-state index in [2.05, 4.69) is 5.32 Å². The number of rotatable bonds is 6. The molecule has 19 heavy (non-hydrogen) atoms. The first kappa shape index (κ1) is 18.7. The fourth-order valence-electron chi connectivity index (χ4n) is 1.48. The van der Waals surface area contributed by atoms with Crippen molar-refractivity contribution in [3.8, 4) is 5.75 Å². The van der Waals surface area contributed by atoms with E-state index in [1.54, 1.807) is 12.1 Å². The molecule has 0 aliphatic rings. The van der Waals surface area contributed by atoms with Crippen molar-refractivity contribution in [1.82, 2.24) is 0 Å². The molecule has 102 valence electrons. The second kappa shape index (κ2) is 8.08. The Hall–Kier alpha value is -0.310. The van der Waals surface area contributed by atoms with Gasteiger partial charge in [0.25, 0.3) is 0 Å². The molecule has 1 aromatic rings.